The smallest absolute Gasteiger partial charge is 0.396 e. The Kier molecular flexibility index (Phi) is 6.60. The number of carbonyl (C=O) groups excluding carboxylic acids is 2. The third-order valence-corrected chi connectivity index (χ3v) is 4.60. The molecule has 0 aliphatic heterocycles. The molecule has 1 aromatic carbocycles. The van der Waals surface area contributed by atoms with Gasteiger partial charge >= 0.3 is 6.11 Å². The number of pyridine rings is 1. The van der Waals surface area contributed by atoms with E-state index >= 15 is 0 Å². The molecule has 0 saturated carbocycles. The van der Waals surface area contributed by atoms with Gasteiger partial charge in [-0.15, -0.1) is 5.10 Å². The van der Waals surface area contributed by atoms with E-state index in [0.717, 1.165) is 10.7 Å². The molecule has 170 valence electrons. The van der Waals surface area contributed by atoms with Crippen LogP contribution >= 0.6 is 11.6 Å². The lowest BCUT2D eigenvalue weighted by molar-refractivity contribution is -0.161. The van der Waals surface area contributed by atoms with Crippen molar-refractivity contribution in [3.8, 4) is 11.7 Å². The van der Waals surface area contributed by atoms with E-state index in [1.165, 1.54) is 31.4 Å². The van der Waals surface area contributed by atoms with Crippen LogP contribution in [0.4, 0.5) is 20.2 Å². The van der Waals surface area contributed by atoms with Crippen molar-refractivity contribution in [2.45, 2.75) is 20.0 Å². The molecule has 3 aromatic rings. The van der Waals surface area contributed by atoms with Gasteiger partial charge in [0.1, 0.15) is 5.69 Å². The predicted molar refractivity (Wildman–Crippen MR) is 116 cm³/mol. The van der Waals surface area contributed by atoms with Crippen molar-refractivity contribution >= 4 is 34.8 Å². The van der Waals surface area contributed by atoms with Gasteiger partial charge in [0.05, 0.1) is 22.8 Å². The highest BCUT2D eigenvalue weighted by Crippen LogP contribution is 2.30. The van der Waals surface area contributed by atoms with Gasteiger partial charge in [0.2, 0.25) is 5.88 Å². The summed E-state index contributed by atoms with van der Waals surface area (Å²) in [4.78, 5) is 32.9. The minimum Gasteiger partial charge on any atom is -0.413 e. The molecule has 0 saturated heterocycles. The van der Waals surface area contributed by atoms with Crippen LogP contribution in [0.25, 0.3) is 10.7 Å². The van der Waals surface area contributed by atoms with Crippen molar-refractivity contribution in [1.82, 2.24) is 20.1 Å². The average molecular weight is 475 g/mol. The lowest BCUT2D eigenvalue weighted by Gasteiger charge is -2.14. The molecule has 0 bridgehead atoms. The summed E-state index contributed by atoms with van der Waals surface area (Å²) in [6, 6.07) is 6.85. The van der Waals surface area contributed by atoms with Crippen molar-refractivity contribution in [2.24, 2.45) is 0 Å². The predicted octanol–water partition coefficient (Wildman–Crippen LogP) is 4.38. The van der Waals surface area contributed by atoms with Crippen LogP contribution in [0.5, 0.6) is 5.88 Å². The molecule has 0 aliphatic rings. The summed E-state index contributed by atoms with van der Waals surface area (Å²) < 4.78 is 32.3. The Morgan fingerprint density at radius 1 is 1.27 bits per heavy atom. The lowest BCUT2D eigenvalue weighted by Crippen LogP contribution is -2.23. The Hall–Kier alpha value is -4.04. The van der Waals surface area contributed by atoms with Gasteiger partial charge in [-0.05, 0) is 30.7 Å². The molecule has 0 spiro atoms. The fourth-order valence-corrected chi connectivity index (χ4v) is 3.14. The molecule has 0 unspecified atom stereocenters. The second-order valence-electron chi connectivity index (χ2n) is 6.83. The SMILES string of the molecule is [C-]#[N+]c1cc(C)c(NC(=O)c2cc(OC(C)(F)F)nn2-c2ncccc2Cl)c(C(=O)NC)c1. The van der Waals surface area contributed by atoms with Crippen LogP contribution in [0.1, 0.15) is 33.3 Å². The second-order valence-corrected chi connectivity index (χ2v) is 7.24. The maximum Gasteiger partial charge on any atom is 0.396 e. The van der Waals surface area contributed by atoms with E-state index in [4.69, 9.17) is 18.2 Å². The summed E-state index contributed by atoms with van der Waals surface area (Å²) in [5.41, 5.74) is 0.598. The third kappa shape index (κ3) is 5.24. The van der Waals surface area contributed by atoms with Gasteiger partial charge in [-0.2, -0.15) is 8.78 Å². The normalized spacial score (nSPS) is 10.9. The van der Waals surface area contributed by atoms with E-state index in [1.54, 1.807) is 13.0 Å². The molecule has 0 radical (unpaired) electrons. The molecule has 2 aromatic heterocycles. The molecule has 0 fully saturated rings. The maximum absolute atomic E-state index is 13.4. The molecule has 2 heterocycles. The van der Waals surface area contributed by atoms with Crippen molar-refractivity contribution in [3.05, 3.63) is 69.8 Å². The van der Waals surface area contributed by atoms with Crippen molar-refractivity contribution < 1.29 is 23.1 Å². The minimum absolute atomic E-state index is 0.00480. The number of aryl methyl sites for hydroxylation is 1. The maximum atomic E-state index is 13.4. The molecule has 33 heavy (non-hydrogen) atoms. The van der Waals surface area contributed by atoms with Crippen molar-refractivity contribution in [1.29, 1.82) is 0 Å². The number of nitrogens with zero attached hydrogens (tertiary/aromatic N) is 4. The number of hydrogen-bond acceptors (Lipinski definition) is 5. The largest absolute Gasteiger partial charge is 0.413 e. The molecule has 3 rings (SSSR count). The average Bonchev–Trinajstić information content (AvgIpc) is 3.16. The fourth-order valence-electron chi connectivity index (χ4n) is 2.94. The topological polar surface area (TPSA) is 102 Å². The first-order chi connectivity index (χ1) is 15.5. The number of anilines is 1. The van der Waals surface area contributed by atoms with E-state index in [2.05, 4.69) is 30.3 Å². The monoisotopic (exact) mass is 474 g/mol. The number of aromatic nitrogens is 3. The van der Waals surface area contributed by atoms with Gasteiger partial charge in [-0.25, -0.2) is 14.5 Å². The molecule has 0 atom stereocenters. The van der Waals surface area contributed by atoms with Crippen LogP contribution < -0.4 is 15.4 Å². The van der Waals surface area contributed by atoms with Gasteiger partial charge in [0.25, 0.3) is 11.8 Å². The Labute approximate surface area is 192 Å². The van der Waals surface area contributed by atoms with Crippen LogP contribution in [0.15, 0.2) is 36.5 Å². The summed E-state index contributed by atoms with van der Waals surface area (Å²) >= 11 is 6.16. The lowest BCUT2D eigenvalue weighted by atomic mass is 10.1. The number of nitrogens with one attached hydrogen (secondary N) is 2. The van der Waals surface area contributed by atoms with Crippen LogP contribution in [-0.2, 0) is 0 Å². The first-order valence-corrected chi connectivity index (χ1v) is 9.75. The second kappa shape index (κ2) is 9.22. The Morgan fingerprint density at radius 2 is 2.00 bits per heavy atom. The van der Waals surface area contributed by atoms with E-state index in [9.17, 15) is 18.4 Å². The zero-order valence-corrected chi connectivity index (χ0v) is 18.4. The molecule has 9 nitrogen and oxygen atoms in total. The Bertz CT molecular complexity index is 1280. The van der Waals surface area contributed by atoms with Crippen LogP contribution in [-0.4, -0.2) is 39.7 Å². The quantitative estimate of drug-likeness (QED) is 0.516. The number of benzene rings is 1. The first kappa shape index (κ1) is 23.6. The fraction of sp³-hybridized carbons (Fsp3) is 0.190. The number of halogens is 3. The van der Waals surface area contributed by atoms with Gasteiger partial charge in [0.15, 0.2) is 11.5 Å². The van der Waals surface area contributed by atoms with Crippen LogP contribution in [0.3, 0.4) is 0 Å². The van der Waals surface area contributed by atoms with Gasteiger partial charge in [-0.3, -0.25) is 9.59 Å². The highest BCUT2D eigenvalue weighted by molar-refractivity contribution is 6.32. The Morgan fingerprint density at radius 3 is 2.61 bits per heavy atom. The molecule has 2 amide bonds. The Balaban J connectivity index is 2.10. The molecular formula is C21H17ClF2N6O3. The first-order valence-electron chi connectivity index (χ1n) is 9.37. The number of hydrogen-bond donors (Lipinski definition) is 2. The van der Waals surface area contributed by atoms with Crippen molar-refractivity contribution in [2.75, 3.05) is 12.4 Å². The highest BCUT2D eigenvalue weighted by Gasteiger charge is 2.28. The number of carbonyl (C=O) groups is 2. The van der Waals surface area contributed by atoms with Gasteiger partial charge < -0.3 is 15.4 Å². The zero-order valence-electron chi connectivity index (χ0n) is 17.6. The third-order valence-electron chi connectivity index (χ3n) is 4.30. The standard InChI is InChI=1S/C21H17ClF2N6O3/c1-11-8-12(25-3)9-13(19(31)26-4)17(11)28-20(32)15-10-16(33-21(2,23)24)29-30(15)18-14(22)6-5-7-27-18/h5-10H,1-2,4H3,(H,26,31)(H,28,32). The number of amides is 2. The molecule has 2 N–H and O–H groups in total. The summed E-state index contributed by atoms with van der Waals surface area (Å²) in [6.07, 6.45) is -2.17. The van der Waals surface area contributed by atoms with E-state index < -0.39 is 23.8 Å². The molecule has 12 heteroatoms. The summed E-state index contributed by atoms with van der Waals surface area (Å²) in [6.45, 7) is 9.33. The molecular weight excluding hydrogens is 458 g/mol. The number of ether oxygens (including phenoxy) is 1. The number of rotatable bonds is 6. The zero-order chi connectivity index (χ0) is 24.3. The van der Waals surface area contributed by atoms with Crippen LogP contribution in [0.2, 0.25) is 5.02 Å². The summed E-state index contributed by atoms with van der Waals surface area (Å²) in [5.74, 6) is -1.87. The van der Waals surface area contributed by atoms with Crippen LogP contribution in [0, 0.1) is 13.5 Å². The number of alkyl halides is 2. The minimum atomic E-state index is -3.56. The molecule has 0 aliphatic carbocycles. The summed E-state index contributed by atoms with van der Waals surface area (Å²) in [7, 11) is 1.40. The van der Waals surface area contributed by atoms with E-state index in [1.807, 2.05) is 0 Å². The summed E-state index contributed by atoms with van der Waals surface area (Å²) in [5, 5.41) is 9.04. The van der Waals surface area contributed by atoms with Crippen molar-refractivity contribution in [3.63, 3.8) is 0 Å². The van der Waals surface area contributed by atoms with E-state index in [-0.39, 0.29) is 33.5 Å². The van der Waals surface area contributed by atoms with E-state index in [0.29, 0.717) is 12.5 Å². The highest BCUT2D eigenvalue weighted by atomic mass is 35.5. The van der Waals surface area contributed by atoms with Gasteiger partial charge in [0, 0.05) is 26.2 Å². The van der Waals surface area contributed by atoms with Gasteiger partial charge in [-0.1, -0.05) is 17.7 Å².